The SMILES string of the molecule is C[C@@]1(O)c2ccccc2C2(OCCO2)[C@H]2[C@@H]1C[C@@H](Cc1ccccc1)CC21SCCS1. The highest BCUT2D eigenvalue weighted by Crippen LogP contribution is 2.69. The fourth-order valence-corrected chi connectivity index (χ4v) is 10.6. The lowest BCUT2D eigenvalue weighted by atomic mass is 9.56. The van der Waals surface area contributed by atoms with Gasteiger partial charge in [0, 0.05) is 28.9 Å². The van der Waals surface area contributed by atoms with Gasteiger partial charge in [0.15, 0.2) is 0 Å². The highest BCUT2D eigenvalue weighted by atomic mass is 32.2. The molecule has 2 aromatic carbocycles. The molecule has 164 valence electrons. The van der Waals surface area contributed by atoms with Crippen molar-refractivity contribution < 1.29 is 14.6 Å². The van der Waals surface area contributed by atoms with E-state index in [1.165, 1.54) is 5.56 Å². The number of hydrogen-bond acceptors (Lipinski definition) is 5. The molecule has 2 aliphatic heterocycles. The molecule has 0 bridgehead atoms. The Bertz CT molecular complexity index is 948. The molecule has 2 heterocycles. The average Bonchev–Trinajstić information content (AvgIpc) is 3.44. The third-order valence-electron chi connectivity index (χ3n) is 7.88. The van der Waals surface area contributed by atoms with E-state index in [1.807, 2.05) is 13.0 Å². The van der Waals surface area contributed by atoms with Crippen LogP contribution in [0.1, 0.15) is 36.5 Å². The minimum Gasteiger partial charge on any atom is -0.385 e. The van der Waals surface area contributed by atoms with Crippen LogP contribution in [0.4, 0.5) is 0 Å². The summed E-state index contributed by atoms with van der Waals surface area (Å²) in [5.41, 5.74) is 2.54. The van der Waals surface area contributed by atoms with Gasteiger partial charge in [-0.3, -0.25) is 0 Å². The van der Waals surface area contributed by atoms with Crippen molar-refractivity contribution in [2.24, 2.45) is 17.8 Å². The van der Waals surface area contributed by atoms with E-state index in [9.17, 15) is 5.11 Å². The highest BCUT2D eigenvalue weighted by molar-refractivity contribution is 8.21. The summed E-state index contributed by atoms with van der Waals surface area (Å²) in [5, 5.41) is 12.1. The van der Waals surface area contributed by atoms with Crippen LogP contribution in [0.2, 0.25) is 0 Å². The van der Waals surface area contributed by atoms with Crippen molar-refractivity contribution in [2.75, 3.05) is 24.7 Å². The Kier molecular flexibility index (Phi) is 5.00. The topological polar surface area (TPSA) is 38.7 Å². The first-order valence-electron chi connectivity index (χ1n) is 11.5. The van der Waals surface area contributed by atoms with Crippen molar-refractivity contribution in [1.29, 1.82) is 0 Å². The second-order valence-electron chi connectivity index (χ2n) is 9.65. The molecule has 2 saturated heterocycles. The van der Waals surface area contributed by atoms with Gasteiger partial charge in [-0.15, -0.1) is 23.5 Å². The molecule has 2 spiro atoms. The lowest BCUT2D eigenvalue weighted by Gasteiger charge is -2.60. The normalized spacial score (nSPS) is 35.2. The van der Waals surface area contributed by atoms with Crippen LogP contribution in [0.15, 0.2) is 54.6 Å². The quantitative estimate of drug-likeness (QED) is 0.678. The molecule has 0 radical (unpaired) electrons. The summed E-state index contributed by atoms with van der Waals surface area (Å²) in [6.45, 7) is 3.28. The molecule has 2 aliphatic carbocycles. The smallest absolute Gasteiger partial charge is 0.200 e. The molecule has 0 aromatic heterocycles. The number of benzene rings is 2. The van der Waals surface area contributed by atoms with Crippen LogP contribution in [0.25, 0.3) is 0 Å². The summed E-state index contributed by atoms with van der Waals surface area (Å²) < 4.78 is 13.1. The Balaban J connectivity index is 1.48. The van der Waals surface area contributed by atoms with E-state index in [0.717, 1.165) is 41.9 Å². The average molecular weight is 455 g/mol. The maximum Gasteiger partial charge on any atom is 0.200 e. The number of ether oxygens (including phenoxy) is 2. The summed E-state index contributed by atoms with van der Waals surface area (Å²) in [7, 11) is 0. The molecule has 2 aromatic rings. The van der Waals surface area contributed by atoms with Crippen LogP contribution in [0.5, 0.6) is 0 Å². The largest absolute Gasteiger partial charge is 0.385 e. The molecule has 1 saturated carbocycles. The minimum atomic E-state index is -0.895. The molecule has 3 nitrogen and oxygen atoms in total. The molecule has 5 heteroatoms. The van der Waals surface area contributed by atoms with Crippen molar-refractivity contribution in [3.05, 3.63) is 71.3 Å². The zero-order valence-electron chi connectivity index (χ0n) is 18.0. The fourth-order valence-electron chi connectivity index (χ4n) is 6.75. The molecular formula is C26H30O3S2. The first-order valence-corrected chi connectivity index (χ1v) is 13.4. The summed E-state index contributed by atoms with van der Waals surface area (Å²) in [6, 6.07) is 19.2. The van der Waals surface area contributed by atoms with Crippen LogP contribution < -0.4 is 0 Å². The van der Waals surface area contributed by atoms with E-state index in [0.29, 0.717) is 19.1 Å². The van der Waals surface area contributed by atoms with E-state index in [4.69, 9.17) is 9.47 Å². The standard InChI is InChI=1S/C26H30O3S2/c1-24(27)20-9-5-6-10-21(20)26(28-11-12-29-26)23-22(24)16-19(15-18-7-3-2-4-8-18)17-25(23)30-13-14-31-25/h2-10,19,22-23,27H,11-17H2,1H3/t19-,22+,23+,24-/m1/s1. The predicted octanol–water partition coefficient (Wildman–Crippen LogP) is 5.17. The van der Waals surface area contributed by atoms with Crippen molar-refractivity contribution in [3.8, 4) is 0 Å². The number of thioether (sulfide) groups is 2. The molecule has 1 N–H and O–H groups in total. The Hall–Kier alpha value is -0.980. The highest BCUT2D eigenvalue weighted by Gasteiger charge is 2.69. The van der Waals surface area contributed by atoms with Gasteiger partial charge in [0.1, 0.15) is 0 Å². The molecular weight excluding hydrogens is 424 g/mol. The third-order valence-corrected chi connectivity index (χ3v) is 11.5. The molecule has 0 amide bonds. The molecule has 3 fully saturated rings. The van der Waals surface area contributed by atoms with Gasteiger partial charge >= 0.3 is 0 Å². The summed E-state index contributed by atoms with van der Waals surface area (Å²) in [4.78, 5) is 0. The molecule has 31 heavy (non-hydrogen) atoms. The Labute approximate surface area is 193 Å². The van der Waals surface area contributed by atoms with Crippen LogP contribution in [-0.2, 0) is 27.3 Å². The summed E-state index contributed by atoms with van der Waals surface area (Å²) in [5.74, 6) is 2.36. The van der Waals surface area contributed by atoms with E-state index >= 15 is 0 Å². The maximum atomic E-state index is 12.1. The zero-order valence-corrected chi connectivity index (χ0v) is 19.6. The summed E-state index contributed by atoms with van der Waals surface area (Å²) >= 11 is 4.19. The number of rotatable bonds is 2. The van der Waals surface area contributed by atoms with Gasteiger partial charge in [0.25, 0.3) is 0 Å². The van der Waals surface area contributed by atoms with Crippen LogP contribution in [-0.4, -0.2) is 33.9 Å². The fraction of sp³-hybridized carbons (Fsp3) is 0.538. The van der Waals surface area contributed by atoms with Gasteiger partial charge in [-0.25, -0.2) is 0 Å². The number of fused-ring (bicyclic) bond motifs is 5. The Morgan fingerprint density at radius 3 is 2.29 bits per heavy atom. The molecule has 0 unspecified atom stereocenters. The first-order chi connectivity index (χ1) is 15.1. The monoisotopic (exact) mass is 454 g/mol. The van der Waals surface area contributed by atoms with Gasteiger partial charge < -0.3 is 14.6 Å². The Morgan fingerprint density at radius 1 is 0.935 bits per heavy atom. The van der Waals surface area contributed by atoms with Gasteiger partial charge in [0.2, 0.25) is 5.79 Å². The van der Waals surface area contributed by atoms with E-state index in [1.54, 1.807) is 0 Å². The molecule has 6 rings (SSSR count). The lowest BCUT2D eigenvalue weighted by molar-refractivity contribution is -0.259. The molecule has 4 atom stereocenters. The van der Waals surface area contributed by atoms with Gasteiger partial charge in [0.05, 0.1) is 22.9 Å². The van der Waals surface area contributed by atoms with E-state index in [-0.39, 0.29) is 15.9 Å². The van der Waals surface area contributed by atoms with E-state index in [2.05, 4.69) is 72.1 Å². The minimum absolute atomic E-state index is 0.0181. The molecule has 4 aliphatic rings. The number of hydrogen-bond donors (Lipinski definition) is 1. The van der Waals surface area contributed by atoms with E-state index < -0.39 is 11.4 Å². The summed E-state index contributed by atoms with van der Waals surface area (Å²) in [6.07, 6.45) is 3.21. The van der Waals surface area contributed by atoms with Crippen LogP contribution in [0, 0.1) is 17.8 Å². The van der Waals surface area contributed by atoms with Crippen LogP contribution in [0.3, 0.4) is 0 Å². The van der Waals surface area contributed by atoms with Crippen molar-refractivity contribution >= 4 is 23.5 Å². The third kappa shape index (κ3) is 3.07. The zero-order chi connectivity index (χ0) is 21.1. The van der Waals surface area contributed by atoms with Crippen molar-refractivity contribution in [3.63, 3.8) is 0 Å². The van der Waals surface area contributed by atoms with Gasteiger partial charge in [-0.2, -0.15) is 0 Å². The number of aliphatic hydroxyl groups is 1. The van der Waals surface area contributed by atoms with Crippen molar-refractivity contribution in [2.45, 2.75) is 41.7 Å². The van der Waals surface area contributed by atoms with Crippen LogP contribution >= 0.6 is 23.5 Å². The van der Waals surface area contributed by atoms with Crippen molar-refractivity contribution in [1.82, 2.24) is 0 Å². The Morgan fingerprint density at radius 2 is 1.58 bits per heavy atom. The predicted molar refractivity (Wildman–Crippen MR) is 127 cm³/mol. The second kappa shape index (κ2) is 7.53. The lowest BCUT2D eigenvalue weighted by Crippen LogP contribution is -2.62. The maximum absolute atomic E-state index is 12.1. The van der Waals surface area contributed by atoms with Gasteiger partial charge in [-0.05, 0) is 43.2 Å². The second-order valence-corrected chi connectivity index (χ2v) is 12.8. The van der Waals surface area contributed by atoms with Gasteiger partial charge in [-0.1, -0.05) is 54.6 Å². The first kappa shape index (κ1) is 20.6.